The van der Waals surface area contributed by atoms with Gasteiger partial charge in [-0.3, -0.25) is 4.57 Å². The zero-order valence-electron chi connectivity index (χ0n) is 20.2. The lowest BCUT2D eigenvalue weighted by molar-refractivity contribution is 0.661. The molecule has 3 heteroatoms. The van der Waals surface area contributed by atoms with Gasteiger partial charge in [0.05, 0.1) is 16.6 Å². The second-order valence-electron chi connectivity index (χ2n) is 10.3. The molecule has 1 aliphatic carbocycles. The average molecular weight is 462 g/mol. The first-order valence-electron chi connectivity index (χ1n) is 12.4. The van der Waals surface area contributed by atoms with Crippen molar-refractivity contribution < 1.29 is 0 Å². The lowest BCUT2D eigenvalue weighted by Gasteiger charge is -2.22. The molecule has 7 aromatic rings. The lowest BCUT2D eigenvalue weighted by Crippen LogP contribution is -2.14. The second kappa shape index (κ2) is 6.79. The van der Waals surface area contributed by atoms with E-state index in [4.69, 9.17) is 9.97 Å². The minimum absolute atomic E-state index is 0.0570. The van der Waals surface area contributed by atoms with Gasteiger partial charge in [0, 0.05) is 33.2 Å². The van der Waals surface area contributed by atoms with Gasteiger partial charge in [0.2, 0.25) is 5.95 Å². The molecule has 2 aromatic heterocycles. The number of rotatable bonds is 1. The summed E-state index contributed by atoms with van der Waals surface area (Å²) in [5.41, 5.74) is 8.64. The van der Waals surface area contributed by atoms with Crippen LogP contribution in [0.1, 0.15) is 25.0 Å². The molecule has 0 fully saturated rings. The fourth-order valence-electron chi connectivity index (χ4n) is 6.26. The molecule has 2 heterocycles. The van der Waals surface area contributed by atoms with Crippen LogP contribution in [0, 0.1) is 0 Å². The molecule has 0 spiro atoms. The van der Waals surface area contributed by atoms with E-state index in [-0.39, 0.29) is 5.41 Å². The molecule has 36 heavy (non-hydrogen) atoms. The van der Waals surface area contributed by atoms with E-state index in [9.17, 15) is 0 Å². The highest BCUT2D eigenvalue weighted by molar-refractivity contribution is 6.19. The summed E-state index contributed by atoms with van der Waals surface area (Å²) in [6.45, 7) is 4.68. The van der Waals surface area contributed by atoms with Gasteiger partial charge >= 0.3 is 0 Å². The van der Waals surface area contributed by atoms with Gasteiger partial charge in [0.15, 0.2) is 0 Å². The van der Waals surface area contributed by atoms with Crippen LogP contribution in [0.25, 0.3) is 60.6 Å². The summed E-state index contributed by atoms with van der Waals surface area (Å²) in [6, 6.07) is 34.9. The highest BCUT2D eigenvalue weighted by Gasteiger charge is 2.35. The minimum atomic E-state index is -0.0570. The molecular weight excluding hydrogens is 438 g/mol. The molecule has 5 aromatic carbocycles. The van der Waals surface area contributed by atoms with Crippen molar-refractivity contribution in [2.45, 2.75) is 19.3 Å². The maximum Gasteiger partial charge on any atom is 0.235 e. The summed E-state index contributed by atoms with van der Waals surface area (Å²) in [7, 11) is 0. The highest BCUT2D eigenvalue weighted by Crippen LogP contribution is 2.50. The SMILES string of the molecule is CC1(C)c2ccccc2-c2cc3ccc4c5ccccc5n(-c5ncc6ccccc6n5)c4c3cc21. The predicted octanol–water partition coefficient (Wildman–Crippen LogP) is 8.19. The molecule has 0 aliphatic heterocycles. The Morgan fingerprint density at radius 1 is 0.639 bits per heavy atom. The molecular formula is C33H23N3. The van der Waals surface area contributed by atoms with Gasteiger partial charge in [-0.05, 0) is 51.9 Å². The van der Waals surface area contributed by atoms with Gasteiger partial charge in [0.25, 0.3) is 0 Å². The third kappa shape index (κ3) is 2.47. The van der Waals surface area contributed by atoms with Crippen molar-refractivity contribution in [1.29, 1.82) is 0 Å². The van der Waals surface area contributed by atoms with E-state index in [1.54, 1.807) is 0 Å². The Bertz CT molecular complexity index is 2030. The van der Waals surface area contributed by atoms with Crippen molar-refractivity contribution in [2.24, 2.45) is 0 Å². The Labute approximate surface area is 208 Å². The summed E-state index contributed by atoms with van der Waals surface area (Å²) in [5, 5.41) is 5.96. The second-order valence-corrected chi connectivity index (χ2v) is 10.3. The number of hydrogen-bond donors (Lipinski definition) is 0. The summed E-state index contributed by atoms with van der Waals surface area (Å²) < 4.78 is 2.25. The Kier molecular flexibility index (Phi) is 3.73. The van der Waals surface area contributed by atoms with Crippen molar-refractivity contribution in [3.8, 4) is 17.1 Å². The quantitative estimate of drug-likeness (QED) is 0.247. The molecule has 0 atom stereocenters. The molecule has 0 unspecified atom stereocenters. The van der Waals surface area contributed by atoms with Crippen LogP contribution >= 0.6 is 0 Å². The average Bonchev–Trinajstić information content (AvgIpc) is 3.37. The van der Waals surface area contributed by atoms with Crippen molar-refractivity contribution in [3.63, 3.8) is 0 Å². The smallest absolute Gasteiger partial charge is 0.235 e. The van der Waals surface area contributed by atoms with Gasteiger partial charge in [-0.15, -0.1) is 0 Å². The molecule has 0 saturated carbocycles. The summed E-state index contributed by atoms with van der Waals surface area (Å²) in [4.78, 5) is 9.85. The highest BCUT2D eigenvalue weighted by atomic mass is 15.2. The third-order valence-electron chi connectivity index (χ3n) is 8.03. The number of para-hydroxylation sites is 2. The maximum absolute atomic E-state index is 5.01. The number of aromatic nitrogens is 3. The zero-order valence-corrected chi connectivity index (χ0v) is 20.2. The van der Waals surface area contributed by atoms with Crippen LogP contribution in [-0.4, -0.2) is 14.5 Å². The number of hydrogen-bond acceptors (Lipinski definition) is 2. The van der Waals surface area contributed by atoms with E-state index in [2.05, 4.69) is 103 Å². The van der Waals surface area contributed by atoms with Crippen LogP contribution in [0.15, 0.2) is 103 Å². The van der Waals surface area contributed by atoms with E-state index in [1.807, 2.05) is 18.3 Å². The van der Waals surface area contributed by atoms with Crippen LogP contribution in [0.4, 0.5) is 0 Å². The molecule has 8 rings (SSSR count). The first-order valence-corrected chi connectivity index (χ1v) is 12.4. The molecule has 170 valence electrons. The Morgan fingerprint density at radius 3 is 2.39 bits per heavy atom. The van der Waals surface area contributed by atoms with Gasteiger partial charge in [0.1, 0.15) is 0 Å². The fraction of sp³-hybridized carbons (Fsp3) is 0.0909. The maximum atomic E-state index is 5.01. The molecule has 1 aliphatic rings. The molecule has 3 nitrogen and oxygen atoms in total. The zero-order chi connectivity index (χ0) is 24.0. The van der Waals surface area contributed by atoms with Crippen LogP contribution in [-0.2, 0) is 5.41 Å². The number of nitrogens with zero attached hydrogens (tertiary/aromatic N) is 3. The number of fused-ring (bicyclic) bond motifs is 9. The topological polar surface area (TPSA) is 30.7 Å². The third-order valence-corrected chi connectivity index (χ3v) is 8.03. The Balaban J connectivity index is 1.53. The molecule has 0 radical (unpaired) electrons. The molecule has 0 amide bonds. The van der Waals surface area contributed by atoms with Crippen molar-refractivity contribution in [2.75, 3.05) is 0 Å². The van der Waals surface area contributed by atoms with Crippen molar-refractivity contribution >= 4 is 43.5 Å². The first kappa shape index (κ1) is 19.8. The van der Waals surface area contributed by atoms with E-state index >= 15 is 0 Å². The van der Waals surface area contributed by atoms with Gasteiger partial charge in [-0.1, -0.05) is 86.6 Å². The van der Waals surface area contributed by atoms with E-state index in [0.29, 0.717) is 5.95 Å². The minimum Gasteiger partial charge on any atom is -0.277 e. The van der Waals surface area contributed by atoms with Gasteiger partial charge in [-0.2, -0.15) is 0 Å². The standard InChI is InChI=1S/C33H23N3/c1-33(2)27-12-6-4-10-22(27)26-17-20-15-16-24-23-11-5-8-14-30(23)36(31(24)25(20)18-28(26)33)32-34-19-21-9-3-7-13-29(21)35-32/h3-19H,1-2H3. The Morgan fingerprint density at radius 2 is 1.44 bits per heavy atom. The fourth-order valence-corrected chi connectivity index (χ4v) is 6.26. The molecule has 0 N–H and O–H groups in total. The van der Waals surface area contributed by atoms with Gasteiger partial charge < -0.3 is 0 Å². The summed E-state index contributed by atoms with van der Waals surface area (Å²) in [5.74, 6) is 0.704. The first-order chi connectivity index (χ1) is 17.6. The van der Waals surface area contributed by atoms with E-state index in [1.165, 1.54) is 49.3 Å². The van der Waals surface area contributed by atoms with Crippen LogP contribution in [0.5, 0.6) is 0 Å². The summed E-state index contributed by atoms with van der Waals surface area (Å²) in [6.07, 6.45) is 1.93. The lowest BCUT2D eigenvalue weighted by atomic mass is 9.82. The van der Waals surface area contributed by atoms with Crippen LogP contribution in [0.2, 0.25) is 0 Å². The largest absolute Gasteiger partial charge is 0.277 e. The molecule has 0 saturated heterocycles. The van der Waals surface area contributed by atoms with Crippen molar-refractivity contribution in [3.05, 3.63) is 114 Å². The van der Waals surface area contributed by atoms with E-state index < -0.39 is 0 Å². The normalized spacial score (nSPS) is 14.1. The Hall–Kier alpha value is -4.50. The van der Waals surface area contributed by atoms with Crippen LogP contribution in [0.3, 0.4) is 0 Å². The predicted molar refractivity (Wildman–Crippen MR) is 149 cm³/mol. The molecule has 0 bridgehead atoms. The monoisotopic (exact) mass is 461 g/mol. The van der Waals surface area contributed by atoms with Crippen molar-refractivity contribution in [1.82, 2.24) is 14.5 Å². The van der Waals surface area contributed by atoms with Gasteiger partial charge in [-0.25, -0.2) is 9.97 Å². The van der Waals surface area contributed by atoms with E-state index in [0.717, 1.165) is 16.4 Å². The van der Waals surface area contributed by atoms with Crippen LogP contribution < -0.4 is 0 Å². The summed E-state index contributed by atoms with van der Waals surface area (Å²) >= 11 is 0. The number of benzene rings is 5.